The van der Waals surface area contributed by atoms with Gasteiger partial charge in [0.05, 0.1) is 0 Å². The van der Waals surface area contributed by atoms with Gasteiger partial charge in [0.1, 0.15) is 0 Å². The Morgan fingerprint density at radius 2 is 1.81 bits per heavy atom. The molecule has 0 saturated heterocycles. The van der Waals surface area contributed by atoms with Gasteiger partial charge in [-0.2, -0.15) is 0 Å². The van der Waals surface area contributed by atoms with E-state index in [0.717, 1.165) is 26.0 Å². The van der Waals surface area contributed by atoms with Crippen molar-refractivity contribution in [3.8, 4) is 5.75 Å². The number of ether oxygens (including phenoxy) is 2. The van der Waals surface area contributed by atoms with Crippen molar-refractivity contribution in [2.24, 2.45) is 0 Å². The summed E-state index contributed by atoms with van der Waals surface area (Å²) in [6.45, 7) is 5.96. The van der Waals surface area contributed by atoms with Crippen LogP contribution in [0.5, 0.6) is 5.75 Å². The molecule has 2 aromatic carbocycles. The van der Waals surface area contributed by atoms with E-state index in [2.05, 4.69) is 0 Å². The molecule has 0 aliphatic heterocycles. The molecule has 2 atom stereocenters. The van der Waals surface area contributed by atoms with Gasteiger partial charge in [-0.3, -0.25) is 0 Å². The third-order valence-electron chi connectivity index (χ3n) is 3.83. The second kappa shape index (κ2) is 9.38. The first-order chi connectivity index (χ1) is 12.3. The predicted octanol–water partition coefficient (Wildman–Crippen LogP) is 4.39. The molecule has 0 spiro atoms. The van der Waals surface area contributed by atoms with Gasteiger partial charge in [-0.25, -0.2) is 0 Å². The van der Waals surface area contributed by atoms with Gasteiger partial charge in [0, 0.05) is 0 Å². The third-order valence-corrected chi connectivity index (χ3v) is 8.80. The fourth-order valence-electron chi connectivity index (χ4n) is 2.45. The zero-order valence-corrected chi connectivity index (χ0v) is 19.0. The van der Waals surface area contributed by atoms with E-state index in [1.165, 1.54) is 0 Å². The van der Waals surface area contributed by atoms with Crippen LogP contribution in [0.15, 0.2) is 47.4 Å². The van der Waals surface area contributed by atoms with Gasteiger partial charge in [0.15, 0.2) is 0 Å². The fraction of sp³-hybridized carbons (Fsp3) is 0.400. The fourth-order valence-corrected chi connectivity index (χ4v) is 7.01. The number of hydrogen-bond donors (Lipinski definition) is 0. The molecule has 3 nitrogen and oxygen atoms in total. The van der Waals surface area contributed by atoms with Crippen molar-refractivity contribution in [3.05, 3.63) is 53.1 Å². The Hall–Kier alpha value is -0.841. The Morgan fingerprint density at radius 1 is 1.12 bits per heavy atom. The summed E-state index contributed by atoms with van der Waals surface area (Å²) in [5.41, 5.74) is 0.979. The molecule has 0 N–H and O–H groups in total. The van der Waals surface area contributed by atoms with E-state index in [-0.39, 0.29) is 25.8 Å². The molecule has 0 radical (unpaired) electrons. The standard InChI is InChI=1S/C20H25ClO3SSe/c1-20(2,3)25(22)18-12-8-11-16(23-4)19(18)26-13-17(24-5)14-9-6-7-10-15(14)21/h6-12,17H,13H2,1-5H3. The van der Waals surface area contributed by atoms with Crippen molar-refractivity contribution in [1.82, 2.24) is 0 Å². The van der Waals surface area contributed by atoms with Crippen LogP contribution >= 0.6 is 11.6 Å². The molecule has 0 aliphatic rings. The minimum absolute atomic E-state index is 0.0166. The predicted molar refractivity (Wildman–Crippen MR) is 111 cm³/mol. The van der Waals surface area contributed by atoms with Crippen molar-refractivity contribution < 1.29 is 13.7 Å². The molecule has 0 saturated carbocycles. The number of rotatable bonds is 7. The molecule has 0 fully saturated rings. The van der Waals surface area contributed by atoms with Crippen LogP contribution in [0.3, 0.4) is 0 Å². The van der Waals surface area contributed by atoms with Crippen LogP contribution in [0.2, 0.25) is 10.3 Å². The molecule has 0 aliphatic carbocycles. The van der Waals surface area contributed by atoms with Gasteiger partial charge in [-0.1, -0.05) is 0 Å². The van der Waals surface area contributed by atoms with Gasteiger partial charge in [0.2, 0.25) is 0 Å². The van der Waals surface area contributed by atoms with Gasteiger partial charge in [-0.05, 0) is 0 Å². The summed E-state index contributed by atoms with van der Waals surface area (Å²) >= 11 is 6.35. The second-order valence-corrected chi connectivity index (χ2v) is 11.5. The Kier molecular flexibility index (Phi) is 7.75. The van der Waals surface area contributed by atoms with E-state index < -0.39 is 10.8 Å². The number of benzene rings is 2. The van der Waals surface area contributed by atoms with Crippen molar-refractivity contribution in [3.63, 3.8) is 0 Å². The molecule has 2 rings (SSSR count). The number of hydrogen-bond acceptors (Lipinski definition) is 3. The molecule has 0 heterocycles. The Bertz CT molecular complexity index is 774. The minimum atomic E-state index is -1.12. The van der Waals surface area contributed by atoms with Crippen LogP contribution in [0.1, 0.15) is 32.4 Å². The summed E-state index contributed by atoms with van der Waals surface area (Å²) in [4.78, 5) is 0.853. The number of halogens is 1. The molecule has 6 heteroatoms. The maximum atomic E-state index is 13.0. The first kappa shape index (κ1) is 21.5. The first-order valence-electron chi connectivity index (χ1n) is 8.28. The summed E-state index contributed by atoms with van der Waals surface area (Å²) in [5, 5.41) is 1.48. The molecule has 0 amide bonds. The van der Waals surface area contributed by atoms with Crippen molar-refractivity contribution in [2.75, 3.05) is 14.2 Å². The second-order valence-electron chi connectivity index (χ2n) is 6.73. The van der Waals surface area contributed by atoms with E-state index >= 15 is 0 Å². The molecule has 2 aromatic rings. The maximum absolute atomic E-state index is 13.0. The SMILES string of the molecule is COc1cccc(S(=O)C(C)(C)C)c1[Se]CC(OC)c1ccccc1Cl. The summed E-state index contributed by atoms with van der Waals surface area (Å²) in [7, 11) is 2.23. The Morgan fingerprint density at radius 3 is 2.38 bits per heavy atom. The molecular weight excluding hydrogens is 435 g/mol. The van der Waals surface area contributed by atoms with Crippen LogP contribution in [-0.4, -0.2) is 38.1 Å². The van der Waals surface area contributed by atoms with Gasteiger partial charge >= 0.3 is 170 Å². The van der Waals surface area contributed by atoms with Crippen molar-refractivity contribution in [1.29, 1.82) is 0 Å². The normalized spacial score (nSPS) is 14.1. The monoisotopic (exact) mass is 460 g/mol. The van der Waals surface area contributed by atoms with Gasteiger partial charge in [0.25, 0.3) is 0 Å². The Labute approximate surface area is 170 Å². The average molecular weight is 460 g/mol. The quantitative estimate of drug-likeness (QED) is 0.576. The van der Waals surface area contributed by atoms with Crippen LogP contribution in [0.25, 0.3) is 0 Å². The summed E-state index contributed by atoms with van der Waals surface area (Å²) in [6, 6.07) is 13.5. The van der Waals surface area contributed by atoms with Crippen LogP contribution < -0.4 is 9.20 Å². The van der Waals surface area contributed by atoms with E-state index in [0.29, 0.717) is 5.02 Å². The van der Waals surface area contributed by atoms with Gasteiger partial charge < -0.3 is 0 Å². The van der Waals surface area contributed by atoms with Crippen LogP contribution in [0.4, 0.5) is 0 Å². The Balaban J connectivity index is 2.33. The zero-order valence-electron chi connectivity index (χ0n) is 15.7. The van der Waals surface area contributed by atoms with Crippen LogP contribution in [0, 0.1) is 0 Å². The van der Waals surface area contributed by atoms with Gasteiger partial charge in [-0.15, -0.1) is 0 Å². The van der Waals surface area contributed by atoms with E-state index in [1.807, 2.05) is 63.2 Å². The molecule has 0 aromatic heterocycles. The molecule has 0 bridgehead atoms. The first-order valence-corrected chi connectivity index (χ1v) is 11.9. The average Bonchev–Trinajstić information content (AvgIpc) is 2.62. The molecule has 142 valence electrons. The molecule has 2 unspecified atom stereocenters. The van der Waals surface area contributed by atoms with Crippen molar-refractivity contribution >= 4 is 41.8 Å². The molecule has 26 heavy (non-hydrogen) atoms. The van der Waals surface area contributed by atoms with Crippen molar-refractivity contribution in [2.45, 2.75) is 41.8 Å². The van der Waals surface area contributed by atoms with E-state index in [1.54, 1.807) is 14.2 Å². The number of methoxy groups -OCH3 is 2. The molecular formula is C20H25ClO3SSe. The summed E-state index contributed by atoms with van der Waals surface area (Å²) in [5.74, 6) is 0.786. The summed E-state index contributed by atoms with van der Waals surface area (Å²) in [6.07, 6.45) is -0.107. The topological polar surface area (TPSA) is 35.5 Å². The third kappa shape index (κ3) is 5.11. The zero-order chi connectivity index (χ0) is 19.3. The van der Waals surface area contributed by atoms with Crippen LogP contribution in [-0.2, 0) is 15.5 Å². The van der Waals surface area contributed by atoms with E-state index in [4.69, 9.17) is 21.1 Å². The summed E-state index contributed by atoms with van der Waals surface area (Å²) < 4.78 is 25.0. The van der Waals surface area contributed by atoms with E-state index in [9.17, 15) is 4.21 Å².